The van der Waals surface area contributed by atoms with Crippen molar-refractivity contribution in [2.45, 2.75) is 64.8 Å². The van der Waals surface area contributed by atoms with E-state index in [0.29, 0.717) is 0 Å². The lowest BCUT2D eigenvalue weighted by Crippen LogP contribution is -2.11. The molecule has 0 aliphatic rings. The average Bonchev–Trinajstić information content (AvgIpc) is 3.13. The van der Waals surface area contributed by atoms with Gasteiger partial charge < -0.3 is 10.2 Å². The lowest BCUT2D eigenvalue weighted by atomic mass is 10.0. The van der Waals surface area contributed by atoms with Crippen LogP contribution in [0.5, 0.6) is 0 Å². The topological polar surface area (TPSA) is 71.2 Å². The van der Waals surface area contributed by atoms with Crippen molar-refractivity contribution in [3.8, 4) is 0 Å². The molecule has 0 spiro atoms. The van der Waals surface area contributed by atoms with Gasteiger partial charge in [0.25, 0.3) is 0 Å². The number of rotatable bonds is 13. The maximum Gasteiger partial charge on any atom is 0.0827 e. The van der Waals surface area contributed by atoms with Gasteiger partial charge in [0.05, 0.1) is 5.69 Å². The highest BCUT2D eigenvalue weighted by atomic mass is 16.3. The van der Waals surface area contributed by atoms with E-state index < -0.39 is 0 Å². The molecule has 2 N–H and O–H groups in total. The minimum Gasteiger partial charge on any atom is -0.396 e. The summed E-state index contributed by atoms with van der Waals surface area (Å²) in [4.78, 5) is 0. The van der Waals surface area contributed by atoms with Gasteiger partial charge in [0.1, 0.15) is 0 Å². The van der Waals surface area contributed by atoms with Crippen molar-refractivity contribution in [1.82, 2.24) is 15.0 Å². The fraction of sp³-hybridized carbons (Fsp3) is 0.619. The molecule has 1 aromatic heterocycles. The fourth-order valence-corrected chi connectivity index (χ4v) is 3.03. The van der Waals surface area contributed by atoms with Crippen molar-refractivity contribution in [3.05, 3.63) is 47.3 Å². The molecular formula is C21H33N3O2. The van der Waals surface area contributed by atoms with Gasteiger partial charge in [0, 0.05) is 31.9 Å². The average molecular weight is 360 g/mol. The van der Waals surface area contributed by atoms with E-state index in [0.717, 1.165) is 31.5 Å². The molecule has 2 aromatic rings. The molecule has 0 fully saturated rings. The van der Waals surface area contributed by atoms with Crippen LogP contribution in [0.4, 0.5) is 0 Å². The largest absolute Gasteiger partial charge is 0.396 e. The van der Waals surface area contributed by atoms with Gasteiger partial charge in [-0.3, -0.25) is 4.68 Å². The summed E-state index contributed by atoms with van der Waals surface area (Å²) < 4.78 is 1.88. The quantitative estimate of drug-likeness (QED) is 0.539. The molecule has 5 heteroatoms. The van der Waals surface area contributed by atoms with Crippen LogP contribution < -0.4 is 0 Å². The van der Waals surface area contributed by atoms with Gasteiger partial charge in [-0.2, -0.15) is 0 Å². The Morgan fingerprint density at radius 1 is 0.923 bits per heavy atom. The predicted molar refractivity (Wildman–Crippen MR) is 104 cm³/mol. The molecule has 1 heterocycles. The summed E-state index contributed by atoms with van der Waals surface area (Å²) in [6.45, 7) is 3.08. The number of unbranched alkanes of at least 4 members (excludes halogenated alkanes) is 3. The van der Waals surface area contributed by atoms with Crippen molar-refractivity contribution in [2.75, 3.05) is 13.2 Å². The number of nitrogens with zero attached hydrogens (tertiary/aromatic N) is 3. The Balaban J connectivity index is 1.73. The third kappa shape index (κ3) is 7.26. The van der Waals surface area contributed by atoms with E-state index in [1.54, 1.807) is 0 Å². The summed E-state index contributed by atoms with van der Waals surface area (Å²) in [5.74, 6) is -0.0689. The molecule has 0 saturated carbocycles. The van der Waals surface area contributed by atoms with Crippen LogP contribution in [-0.4, -0.2) is 38.4 Å². The zero-order valence-corrected chi connectivity index (χ0v) is 16.0. The van der Waals surface area contributed by atoms with E-state index in [1.807, 2.05) is 10.9 Å². The summed E-state index contributed by atoms with van der Waals surface area (Å²) in [6, 6.07) is 8.94. The number of aliphatic hydroxyl groups excluding tert-OH is 2. The van der Waals surface area contributed by atoms with Crippen molar-refractivity contribution < 1.29 is 10.2 Å². The molecule has 0 aliphatic carbocycles. The highest BCUT2D eigenvalue weighted by molar-refractivity contribution is 5.22. The molecule has 1 aromatic carbocycles. The Labute approximate surface area is 157 Å². The van der Waals surface area contributed by atoms with Crippen LogP contribution in [0.2, 0.25) is 0 Å². The van der Waals surface area contributed by atoms with Gasteiger partial charge >= 0.3 is 0 Å². The molecule has 0 bridgehead atoms. The van der Waals surface area contributed by atoms with E-state index >= 15 is 0 Å². The van der Waals surface area contributed by atoms with Gasteiger partial charge in [-0.25, -0.2) is 0 Å². The summed E-state index contributed by atoms with van der Waals surface area (Å²) in [7, 11) is 0. The predicted octanol–water partition coefficient (Wildman–Crippen LogP) is 3.18. The first kappa shape index (κ1) is 20.6. The third-order valence-electron chi connectivity index (χ3n) is 4.88. The van der Waals surface area contributed by atoms with Gasteiger partial charge in [-0.05, 0) is 43.2 Å². The monoisotopic (exact) mass is 359 g/mol. The molecule has 26 heavy (non-hydrogen) atoms. The Bertz CT molecular complexity index is 606. The van der Waals surface area contributed by atoms with Gasteiger partial charge in [-0.15, -0.1) is 5.10 Å². The molecule has 0 radical (unpaired) electrons. The Morgan fingerprint density at radius 3 is 2.27 bits per heavy atom. The van der Waals surface area contributed by atoms with Crippen LogP contribution in [0.25, 0.3) is 0 Å². The molecular weight excluding hydrogens is 326 g/mol. The Kier molecular flexibility index (Phi) is 9.35. The number of aryl methyl sites for hydroxylation is 4. The molecule has 0 aliphatic heterocycles. The van der Waals surface area contributed by atoms with Gasteiger partial charge in [-0.1, -0.05) is 55.7 Å². The number of hydrogen-bond acceptors (Lipinski definition) is 4. The zero-order valence-electron chi connectivity index (χ0n) is 16.0. The zero-order chi connectivity index (χ0) is 18.6. The second kappa shape index (κ2) is 11.8. The second-order valence-corrected chi connectivity index (χ2v) is 7.12. The van der Waals surface area contributed by atoms with Crippen LogP contribution in [0.15, 0.2) is 30.5 Å². The second-order valence-electron chi connectivity index (χ2n) is 7.12. The van der Waals surface area contributed by atoms with Crippen molar-refractivity contribution >= 4 is 0 Å². The van der Waals surface area contributed by atoms with Crippen LogP contribution >= 0.6 is 0 Å². The first-order chi connectivity index (χ1) is 12.7. The van der Waals surface area contributed by atoms with Crippen LogP contribution in [0.3, 0.4) is 0 Å². The van der Waals surface area contributed by atoms with Crippen molar-refractivity contribution in [1.29, 1.82) is 0 Å². The number of hydrogen-bond donors (Lipinski definition) is 2. The van der Waals surface area contributed by atoms with Crippen LogP contribution in [0.1, 0.15) is 55.8 Å². The molecule has 5 nitrogen and oxygen atoms in total. The highest BCUT2D eigenvalue weighted by Gasteiger charge is 2.08. The Morgan fingerprint density at radius 2 is 1.62 bits per heavy atom. The molecule has 0 unspecified atom stereocenters. The maximum absolute atomic E-state index is 9.11. The van der Waals surface area contributed by atoms with Crippen LogP contribution in [0, 0.1) is 5.92 Å². The van der Waals surface area contributed by atoms with Gasteiger partial charge in [0.2, 0.25) is 0 Å². The molecule has 2 rings (SSSR count). The van der Waals surface area contributed by atoms with E-state index in [2.05, 4.69) is 41.5 Å². The first-order valence-corrected chi connectivity index (χ1v) is 9.93. The fourth-order valence-electron chi connectivity index (χ4n) is 3.03. The normalized spacial score (nSPS) is 11.4. The SMILES string of the molecule is CCCCCCc1ccc(CCn2cc(CCC(CO)CO)nn2)cc1. The molecule has 0 atom stereocenters. The molecule has 0 saturated heterocycles. The van der Waals surface area contributed by atoms with Crippen molar-refractivity contribution in [3.63, 3.8) is 0 Å². The minimum atomic E-state index is -0.0689. The number of benzene rings is 1. The lowest BCUT2D eigenvalue weighted by Gasteiger charge is -2.08. The summed E-state index contributed by atoms with van der Waals surface area (Å²) >= 11 is 0. The van der Waals surface area contributed by atoms with Gasteiger partial charge in [0.15, 0.2) is 0 Å². The minimum absolute atomic E-state index is 0.0131. The molecule has 144 valence electrons. The Hall–Kier alpha value is -1.72. The standard InChI is InChI=1S/C21H33N3O2/c1-2-3-4-5-6-18-7-9-19(10-8-18)13-14-24-15-21(22-23-24)12-11-20(16-25)17-26/h7-10,15,20,25-26H,2-6,11-14,16-17H2,1H3. The third-order valence-corrected chi connectivity index (χ3v) is 4.88. The summed E-state index contributed by atoms with van der Waals surface area (Å²) in [6.07, 6.45) is 10.8. The maximum atomic E-state index is 9.11. The van der Waals surface area contributed by atoms with E-state index in [-0.39, 0.29) is 19.1 Å². The smallest absolute Gasteiger partial charge is 0.0827 e. The number of aliphatic hydroxyl groups is 2. The number of aromatic nitrogens is 3. The van der Waals surface area contributed by atoms with E-state index in [4.69, 9.17) is 10.2 Å². The highest BCUT2D eigenvalue weighted by Crippen LogP contribution is 2.11. The lowest BCUT2D eigenvalue weighted by molar-refractivity contribution is 0.144. The first-order valence-electron chi connectivity index (χ1n) is 9.93. The summed E-state index contributed by atoms with van der Waals surface area (Å²) in [5.41, 5.74) is 3.66. The van der Waals surface area contributed by atoms with Crippen molar-refractivity contribution in [2.24, 2.45) is 5.92 Å². The van der Waals surface area contributed by atoms with E-state index in [9.17, 15) is 0 Å². The molecule has 0 amide bonds. The van der Waals surface area contributed by atoms with Crippen LogP contribution in [-0.2, 0) is 25.8 Å². The summed E-state index contributed by atoms with van der Waals surface area (Å²) in [5, 5.41) is 26.6. The van der Waals surface area contributed by atoms with E-state index in [1.165, 1.54) is 43.2 Å².